The van der Waals surface area contributed by atoms with Crippen LogP contribution in [-0.4, -0.2) is 14.2 Å². The maximum absolute atomic E-state index is 12.4. The quantitative estimate of drug-likeness (QED) is 0.853. The lowest BCUT2D eigenvalue weighted by atomic mass is 10.1. The molecule has 0 aliphatic carbocycles. The number of sulfonamides is 1. The summed E-state index contributed by atoms with van der Waals surface area (Å²) >= 11 is 11.7. The molecule has 110 valence electrons. The normalized spacial score (nSPS) is 11.2. The number of ketones is 1. The van der Waals surface area contributed by atoms with Gasteiger partial charge in [0.2, 0.25) is 0 Å². The third-order valence-corrected chi connectivity index (χ3v) is 4.82. The zero-order valence-corrected chi connectivity index (χ0v) is 13.3. The molecule has 0 bridgehead atoms. The highest BCUT2D eigenvalue weighted by Gasteiger charge is 2.20. The van der Waals surface area contributed by atoms with Crippen LogP contribution in [0.2, 0.25) is 10.0 Å². The Bertz CT molecular complexity index is 804. The van der Waals surface area contributed by atoms with Gasteiger partial charge in [-0.05, 0) is 37.3 Å². The molecule has 0 radical (unpaired) electrons. The molecule has 0 spiro atoms. The standard InChI is InChI=1S/C14H11Cl2NO3S/c1-9(18)11-4-2-3-5-13(11)17-21(19,20)14-7-6-10(15)8-12(14)16/h2-8,17H,1H3. The van der Waals surface area contributed by atoms with Gasteiger partial charge in [0.1, 0.15) is 4.90 Å². The van der Waals surface area contributed by atoms with Gasteiger partial charge in [-0.15, -0.1) is 0 Å². The van der Waals surface area contributed by atoms with Crippen molar-refractivity contribution < 1.29 is 13.2 Å². The molecule has 0 atom stereocenters. The molecule has 0 aromatic heterocycles. The molecule has 0 aliphatic heterocycles. The summed E-state index contributed by atoms with van der Waals surface area (Å²) in [5.41, 5.74) is 0.488. The molecule has 2 rings (SSSR count). The molecular formula is C14H11Cl2NO3S. The molecule has 0 heterocycles. The summed E-state index contributed by atoms with van der Waals surface area (Å²) in [6.07, 6.45) is 0. The maximum atomic E-state index is 12.4. The third-order valence-electron chi connectivity index (χ3n) is 2.73. The first-order valence-electron chi connectivity index (χ1n) is 5.89. The first kappa shape index (κ1) is 15.8. The van der Waals surface area contributed by atoms with E-state index in [0.29, 0.717) is 5.02 Å². The van der Waals surface area contributed by atoms with E-state index in [1.807, 2.05) is 0 Å². The van der Waals surface area contributed by atoms with Gasteiger partial charge in [0, 0.05) is 10.6 Å². The number of nitrogens with one attached hydrogen (secondary N) is 1. The number of halogens is 2. The zero-order valence-electron chi connectivity index (χ0n) is 10.9. The van der Waals surface area contributed by atoms with Gasteiger partial charge in [0.05, 0.1) is 10.7 Å². The van der Waals surface area contributed by atoms with Crippen LogP contribution in [0.25, 0.3) is 0 Å². The van der Waals surface area contributed by atoms with Crippen LogP contribution in [0, 0.1) is 0 Å². The molecule has 4 nitrogen and oxygen atoms in total. The van der Waals surface area contributed by atoms with Gasteiger partial charge in [-0.2, -0.15) is 0 Å². The highest BCUT2D eigenvalue weighted by Crippen LogP contribution is 2.27. The molecule has 21 heavy (non-hydrogen) atoms. The average molecular weight is 344 g/mol. The van der Waals surface area contributed by atoms with Crippen LogP contribution in [0.4, 0.5) is 5.69 Å². The number of rotatable bonds is 4. The average Bonchev–Trinajstić information content (AvgIpc) is 2.37. The van der Waals surface area contributed by atoms with Crippen molar-refractivity contribution in [2.75, 3.05) is 4.72 Å². The number of benzene rings is 2. The molecule has 0 unspecified atom stereocenters. The SMILES string of the molecule is CC(=O)c1ccccc1NS(=O)(=O)c1ccc(Cl)cc1Cl. The van der Waals surface area contributed by atoms with Gasteiger partial charge in [-0.3, -0.25) is 9.52 Å². The van der Waals surface area contributed by atoms with E-state index < -0.39 is 10.0 Å². The Kier molecular flexibility index (Phi) is 4.56. The molecule has 2 aromatic carbocycles. The Morgan fingerprint density at radius 1 is 1.10 bits per heavy atom. The van der Waals surface area contributed by atoms with E-state index in [1.165, 1.54) is 31.2 Å². The van der Waals surface area contributed by atoms with E-state index in [-0.39, 0.29) is 27.0 Å². The molecule has 0 saturated carbocycles. The van der Waals surface area contributed by atoms with E-state index in [4.69, 9.17) is 23.2 Å². The molecular weight excluding hydrogens is 333 g/mol. The molecule has 7 heteroatoms. The lowest BCUT2D eigenvalue weighted by molar-refractivity contribution is 0.101. The van der Waals surface area contributed by atoms with Crippen LogP contribution in [0.5, 0.6) is 0 Å². The number of Topliss-reactive ketones (excluding diaryl/α,β-unsaturated/α-hetero) is 1. The highest BCUT2D eigenvalue weighted by atomic mass is 35.5. The summed E-state index contributed by atoms with van der Waals surface area (Å²) < 4.78 is 27.1. The van der Waals surface area contributed by atoms with Gasteiger partial charge < -0.3 is 0 Å². The van der Waals surface area contributed by atoms with Crippen LogP contribution in [0.1, 0.15) is 17.3 Å². The number of carbonyl (C=O) groups is 1. The van der Waals surface area contributed by atoms with E-state index in [0.717, 1.165) is 0 Å². The van der Waals surface area contributed by atoms with Crippen molar-refractivity contribution in [1.29, 1.82) is 0 Å². The van der Waals surface area contributed by atoms with Crippen LogP contribution in [0.15, 0.2) is 47.4 Å². The second kappa shape index (κ2) is 6.05. The van der Waals surface area contributed by atoms with Gasteiger partial charge in [0.15, 0.2) is 5.78 Å². The number of hydrogen-bond donors (Lipinski definition) is 1. The van der Waals surface area contributed by atoms with Crippen molar-refractivity contribution in [3.05, 3.63) is 58.1 Å². The van der Waals surface area contributed by atoms with Gasteiger partial charge >= 0.3 is 0 Å². The van der Waals surface area contributed by atoms with Crippen LogP contribution >= 0.6 is 23.2 Å². The zero-order chi connectivity index (χ0) is 15.6. The van der Waals surface area contributed by atoms with Crippen molar-refractivity contribution in [1.82, 2.24) is 0 Å². The Balaban J connectivity index is 2.45. The first-order chi connectivity index (χ1) is 9.81. The van der Waals surface area contributed by atoms with Crippen molar-refractivity contribution in [3.63, 3.8) is 0 Å². The lowest BCUT2D eigenvalue weighted by Crippen LogP contribution is -2.15. The van der Waals surface area contributed by atoms with Gasteiger partial charge in [-0.25, -0.2) is 8.42 Å². The van der Waals surface area contributed by atoms with Gasteiger partial charge in [0.25, 0.3) is 10.0 Å². The van der Waals surface area contributed by atoms with Crippen molar-refractivity contribution in [3.8, 4) is 0 Å². The molecule has 2 aromatic rings. The smallest absolute Gasteiger partial charge is 0.263 e. The summed E-state index contributed by atoms with van der Waals surface area (Å²) in [5, 5.41) is 0.346. The largest absolute Gasteiger partial charge is 0.294 e. The molecule has 0 amide bonds. The summed E-state index contributed by atoms with van der Waals surface area (Å²) in [7, 11) is -3.91. The summed E-state index contributed by atoms with van der Waals surface area (Å²) in [5.74, 6) is -0.240. The summed E-state index contributed by atoms with van der Waals surface area (Å²) in [6, 6.07) is 10.4. The fraction of sp³-hybridized carbons (Fsp3) is 0.0714. The van der Waals surface area contributed by atoms with Crippen molar-refractivity contribution >= 4 is 44.7 Å². The molecule has 0 aliphatic rings. The molecule has 0 saturated heterocycles. The minimum Gasteiger partial charge on any atom is -0.294 e. The maximum Gasteiger partial charge on any atom is 0.263 e. The summed E-state index contributed by atoms with van der Waals surface area (Å²) in [4.78, 5) is 11.4. The number of anilines is 1. The van der Waals surface area contributed by atoms with E-state index >= 15 is 0 Å². The molecule has 1 N–H and O–H groups in total. The fourth-order valence-corrected chi connectivity index (χ4v) is 3.63. The Morgan fingerprint density at radius 2 is 1.76 bits per heavy atom. The second-order valence-electron chi connectivity index (χ2n) is 4.28. The van der Waals surface area contributed by atoms with E-state index in [9.17, 15) is 13.2 Å². The Hall–Kier alpha value is -1.56. The predicted octanol–water partition coefficient (Wildman–Crippen LogP) is 4.00. The Labute approximate surface area is 132 Å². The minimum atomic E-state index is -3.91. The Morgan fingerprint density at radius 3 is 2.38 bits per heavy atom. The third kappa shape index (κ3) is 3.56. The van der Waals surface area contributed by atoms with Crippen molar-refractivity contribution in [2.45, 2.75) is 11.8 Å². The predicted molar refractivity (Wildman–Crippen MR) is 83.7 cm³/mol. The lowest BCUT2D eigenvalue weighted by Gasteiger charge is -2.12. The van der Waals surface area contributed by atoms with E-state index in [1.54, 1.807) is 18.2 Å². The second-order valence-corrected chi connectivity index (χ2v) is 6.78. The van der Waals surface area contributed by atoms with Crippen LogP contribution < -0.4 is 4.72 Å². The topological polar surface area (TPSA) is 63.2 Å². The number of para-hydroxylation sites is 1. The number of hydrogen-bond acceptors (Lipinski definition) is 3. The first-order valence-corrected chi connectivity index (χ1v) is 8.13. The van der Waals surface area contributed by atoms with Crippen molar-refractivity contribution in [2.24, 2.45) is 0 Å². The highest BCUT2D eigenvalue weighted by molar-refractivity contribution is 7.92. The van der Waals surface area contributed by atoms with E-state index in [2.05, 4.69) is 4.72 Å². The van der Waals surface area contributed by atoms with Crippen LogP contribution in [0.3, 0.4) is 0 Å². The molecule has 0 fully saturated rings. The van der Waals surface area contributed by atoms with Gasteiger partial charge in [-0.1, -0.05) is 35.3 Å². The number of carbonyl (C=O) groups excluding carboxylic acids is 1. The fourth-order valence-electron chi connectivity index (χ4n) is 1.77. The summed E-state index contributed by atoms with van der Waals surface area (Å²) in [6.45, 7) is 1.36. The monoisotopic (exact) mass is 343 g/mol. The van der Waals surface area contributed by atoms with Crippen LogP contribution in [-0.2, 0) is 10.0 Å². The minimum absolute atomic E-state index is 0.00954.